The van der Waals surface area contributed by atoms with E-state index in [1.54, 1.807) is 41.5 Å². The molecule has 2 aromatic rings. The minimum Gasteiger partial charge on any atom is -0.336 e. The van der Waals surface area contributed by atoms with Crippen molar-refractivity contribution in [2.75, 3.05) is 7.05 Å². The van der Waals surface area contributed by atoms with Crippen LogP contribution in [0.4, 0.5) is 5.69 Å². The predicted molar refractivity (Wildman–Crippen MR) is 96.6 cm³/mol. The molecule has 0 bridgehead atoms. The normalized spacial score (nSPS) is 10.6. The molecule has 0 N–H and O–H groups in total. The third-order valence-electron chi connectivity index (χ3n) is 3.91. The number of benzene rings is 1. The van der Waals surface area contributed by atoms with Crippen LogP contribution in [0.2, 0.25) is 0 Å². The van der Waals surface area contributed by atoms with Crippen LogP contribution in [-0.4, -0.2) is 22.8 Å². The van der Waals surface area contributed by atoms with Crippen molar-refractivity contribution in [3.8, 4) is 0 Å². The molecule has 0 saturated carbocycles. The number of rotatable bonds is 7. The Labute approximate surface area is 146 Å². The zero-order valence-corrected chi connectivity index (χ0v) is 15.1. The van der Waals surface area contributed by atoms with Gasteiger partial charge in [0.2, 0.25) is 0 Å². The monoisotopic (exact) mass is 346 g/mol. The number of para-hydroxylation sites is 1. The van der Waals surface area contributed by atoms with Gasteiger partial charge in [-0.15, -0.1) is 11.3 Å². The van der Waals surface area contributed by atoms with Crippen molar-refractivity contribution >= 4 is 22.9 Å². The first kappa shape index (κ1) is 18.1. The van der Waals surface area contributed by atoms with Crippen molar-refractivity contribution in [3.63, 3.8) is 0 Å². The minimum atomic E-state index is -0.409. The van der Waals surface area contributed by atoms with Gasteiger partial charge in [0.1, 0.15) is 0 Å². The third-order valence-corrected chi connectivity index (χ3v) is 5.13. The molecule has 0 atom stereocenters. The average molecular weight is 346 g/mol. The lowest BCUT2D eigenvalue weighted by molar-refractivity contribution is -0.385. The van der Waals surface area contributed by atoms with E-state index < -0.39 is 4.92 Å². The number of hydrogen-bond acceptors (Lipinski definition) is 4. The molecule has 0 saturated heterocycles. The van der Waals surface area contributed by atoms with Crippen LogP contribution in [0.15, 0.2) is 30.3 Å². The van der Waals surface area contributed by atoms with Crippen LogP contribution in [0, 0.1) is 10.1 Å². The number of carbonyl (C=O) groups excluding carboxylic acids is 1. The fraction of sp³-hybridized carbons (Fsp3) is 0.389. The van der Waals surface area contributed by atoms with Crippen LogP contribution in [-0.2, 0) is 19.4 Å². The van der Waals surface area contributed by atoms with E-state index in [1.807, 2.05) is 6.07 Å². The summed E-state index contributed by atoms with van der Waals surface area (Å²) >= 11 is 1.54. The van der Waals surface area contributed by atoms with Crippen molar-refractivity contribution in [3.05, 3.63) is 61.3 Å². The van der Waals surface area contributed by atoms with Crippen LogP contribution in [0.5, 0.6) is 0 Å². The van der Waals surface area contributed by atoms with Gasteiger partial charge in [-0.1, -0.05) is 38.5 Å². The lowest BCUT2D eigenvalue weighted by atomic mass is 10.1. The second kappa shape index (κ2) is 8.06. The molecule has 0 fully saturated rings. The quantitative estimate of drug-likeness (QED) is 0.550. The smallest absolute Gasteiger partial charge is 0.274 e. The maximum atomic E-state index is 12.7. The Kier molecular flexibility index (Phi) is 6.09. The largest absolute Gasteiger partial charge is 0.336 e. The van der Waals surface area contributed by atoms with E-state index in [9.17, 15) is 14.9 Å². The molecule has 6 heteroatoms. The van der Waals surface area contributed by atoms with Crippen LogP contribution < -0.4 is 0 Å². The van der Waals surface area contributed by atoms with Gasteiger partial charge in [-0.05, 0) is 24.5 Å². The summed E-state index contributed by atoms with van der Waals surface area (Å²) in [5.41, 5.74) is 1.81. The Morgan fingerprint density at radius 1 is 1.25 bits per heavy atom. The molecule has 0 radical (unpaired) electrons. The van der Waals surface area contributed by atoms with Crippen LogP contribution >= 0.6 is 11.3 Å². The number of nitro benzene ring substituents is 1. The molecule has 1 aromatic heterocycles. The van der Waals surface area contributed by atoms with Crippen molar-refractivity contribution < 1.29 is 9.72 Å². The summed E-state index contributed by atoms with van der Waals surface area (Å²) in [5, 5.41) is 11.1. The van der Waals surface area contributed by atoms with Gasteiger partial charge in [0.05, 0.1) is 16.3 Å². The molecule has 0 aliphatic heterocycles. The van der Waals surface area contributed by atoms with Gasteiger partial charge < -0.3 is 4.90 Å². The van der Waals surface area contributed by atoms with Crippen LogP contribution in [0.1, 0.15) is 45.9 Å². The number of carbonyl (C=O) groups is 1. The van der Waals surface area contributed by atoms with Gasteiger partial charge in [-0.25, -0.2) is 0 Å². The number of hydrogen-bond donors (Lipinski definition) is 0. The topological polar surface area (TPSA) is 63.5 Å². The summed E-state index contributed by atoms with van der Waals surface area (Å²) in [6, 6.07) is 8.51. The summed E-state index contributed by atoms with van der Waals surface area (Å²) in [7, 11) is 1.68. The molecular weight excluding hydrogens is 324 g/mol. The maximum Gasteiger partial charge on any atom is 0.274 e. The van der Waals surface area contributed by atoms with Gasteiger partial charge in [-0.3, -0.25) is 14.9 Å². The van der Waals surface area contributed by atoms with Gasteiger partial charge in [0.25, 0.3) is 11.6 Å². The number of nitro groups is 1. The molecule has 1 aromatic carbocycles. The lowest BCUT2D eigenvalue weighted by Crippen LogP contribution is -2.25. The fourth-order valence-corrected chi connectivity index (χ4v) is 4.00. The molecule has 0 unspecified atom stereocenters. The van der Waals surface area contributed by atoms with Crippen molar-refractivity contribution in [1.82, 2.24) is 4.90 Å². The van der Waals surface area contributed by atoms with E-state index in [1.165, 1.54) is 16.5 Å². The summed E-state index contributed by atoms with van der Waals surface area (Å²) in [6.45, 7) is 4.44. The first-order chi connectivity index (χ1) is 11.5. The SMILES string of the molecule is CCCc1sc(C(=O)N(C)Cc2ccccc2[N+](=O)[O-])cc1CC. The third kappa shape index (κ3) is 4.00. The van der Waals surface area contributed by atoms with E-state index in [-0.39, 0.29) is 18.1 Å². The minimum absolute atomic E-state index is 0.0456. The van der Waals surface area contributed by atoms with Crippen LogP contribution in [0.25, 0.3) is 0 Å². The Morgan fingerprint density at radius 3 is 2.58 bits per heavy atom. The second-order valence-corrected chi connectivity index (χ2v) is 6.85. The predicted octanol–water partition coefficient (Wildman–Crippen LogP) is 4.44. The van der Waals surface area contributed by atoms with E-state index in [0.717, 1.165) is 19.3 Å². The highest BCUT2D eigenvalue weighted by molar-refractivity contribution is 7.14. The molecule has 1 heterocycles. The van der Waals surface area contributed by atoms with E-state index in [2.05, 4.69) is 13.8 Å². The highest BCUT2D eigenvalue weighted by atomic mass is 32.1. The number of amides is 1. The summed E-state index contributed by atoms with van der Waals surface area (Å²) in [4.78, 5) is 26.9. The summed E-state index contributed by atoms with van der Waals surface area (Å²) < 4.78 is 0. The van der Waals surface area contributed by atoms with Gasteiger partial charge in [0, 0.05) is 23.6 Å². The van der Waals surface area contributed by atoms with Crippen molar-refractivity contribution in [2.24, 2.45) is 0 Å². The standard InChI is InChI=1S/C18H22N2O3S/c1-4-8-16-13(5-2)11-17(24-16)18(21)19(3)12-14-9-6-7-10-15(14)20(22)23/h6-7,9-11H,4-5,8,12H2,1-3H3. The second-order valence-electron chi connectivity index (χ2n) is 5.71. The van der Waals surface area contributed by atoms with Crippen LogP contribution in [0.3, 0.4) is 0 Å². The Hall–Kier alpha value is -2.21. The molecule has 5 nitrogen and oxygen atoms in total. The highest BCUT2D eigenvalue weighted by Gasteiger charge is 2.20. The van der Waals surface area contributed by atoms with Crippen molar-refractivity contribution in [1.29, 1.82) is 0 Å². The molecular formula is C18H22N2O3S. The first-order valence-corrected chi connectivity index (χ1v) is 8.88. The molecule has 0 aliphatic rings. The molecule has 0 aliphatic carbocycles. The first-order valence-electron chi connectivity index (χ1n) is 8.07. The Morgan fingerprint density at radius 2 is 1.96 bits per heavy atom. The number of thiophene rings is 1. The molecule has 24 heavy (non-hydrogen) atoms. The molecule has 128 valence electrons. The van der Waals surface area contributed by atoms with E-state index >= 15 is 0 Å². The van der Waals surface area contributed by atoms with Gasteiger partial charge in [0.15, 0.2) is 0 Å². The zero-order chi connectivity index (χ0) is 17.7. The van der Waals surface area contributed by atoms with E-state index in [0.29, 0.717) is 10.4 Å². The highest BCUT2D eigenvalue weighted by Crippen LogP contribution is 2.26. The fourth-order valence-electron chi connectivity index (χ4n) is 2.65. The summed E-state index contributed by atoms with van der Waals surface area (Å²) in [5.74, 6) is -0.0878. The zero-order valence-electron chi connectivity index (χ0n) is 14.2. The molecule has 2 rings (SSSR count). The van der Waals surface area contributed by atoms with Gasteiger partial charge in [-0.2, -0.15) is 0 Å². The lowest BCUT2D eigenvalue weighted by Gasteiger charge is -2.16. The average Bonchev–Trinajstić information content (AvgIpc) is 2.97. The Bertz CT molecular complexity index is 740. The molecule has 1 amide bonds. The summed E-state index contributed by atoms with van der Waals surface area (Å²) in [6.07, 6.45) is 2.94. The number of nitrogens with zero attached hydrogens (tertiary/aromatic N) is 2. The van der Waals surface area contributed by atoms with E-state index in [4.69, 9.17) is 0 Å². The van der Waals surface area contributed by atoms with Crippen molar-refractivity contribution in [2.45, 2.75) is 39.7 Å². The molecule has 0 spiro atoms. The van der Waals surface area contributed by atoms with Gasteiger partial charge >= 0.3 is 0 Å². The number of aryl methyl sites for hydroxylation is 2. The maximum absolute atomic E-state index is 12.7. The Balaban J connectivity index is 2.20.